The molecule has 1 aliphatic heterocycles. The maximum Gasteiger partial charge on any atom is 0.0485 e. The average Bonchev–Trinajstić information content (AvgIpc) is 2.79. The highest BCUT2D eigenvalue weighted by Crippen LogP contribution is 2.25. The van der Waals surface area contributed by atoms with Crippen molar-refractivity contribution in [3.05, 3.63) is 36.0 Å². The van der Waals surface area contributed by atoms with Gasteiger partial charge in [-0.15, -0.1) is 0 Å². The van der Waals surface area contributed by atoms with Crippen LogP contribution < -0.4 is 0 Å². The van der Waals surface area contributed by atoms with Gasteiger partial charge in [0.05, 0.1) is 0 Å². The smallest absolute Gasteiger partial charge is 0.0485 e. The van der Waals surface area contributed by atoms with Crippen LogP contribution in [0.4, 0.5) is 0 Å². The Labute approximate surface area is 121 Å². The van der Waals surface area contributed by atoms with Crippen LogP contribution in [-0.2, 0) is 6.54 Å². The second-order valence-corrected chi connectivity index (χ2v) is 6.24. The molecule has 3 nitrogen and oxygen atoms in total. The van der Waals surface area contributed by atoms with Crippen molar-refractivity contribution in [2.24, 2.45) is 0 Å². The molecular formula is C17H25N3. The topological polar surface area (TPSA) is 11.4 Å². The van der Waals surface area contributed by atoms with Crippen molar-refractivity contribution in [1.82, 2.24) is 14.4 Å². The van der Waals surface area contributed by atoms with Gasteiger partial charge in [0.25, 0.3) is 0 Å². The molecule has 0 atom stereocenters. The molecule has 3 rings (SSSR count). The van der Waals surface area contributed by atoms with E-state index in [1.807, 2.05) is 0 Å². The summed E-state index contributed by atoms with van der Waals surface area (Å²) in [6.07, 6.45) is 0. The summed E-state index contributed by atoms with van der Waals surface area (Å²) in [6.45, 7) is 10.3. The molecular weight excluding hydrogens is 246 g/mol. The van der Waals surface area contributed by atoms with Crippen molar-refractivity contribution in [1.29, 1.82) is 0 Å². The first-order chi connectivity index (χ1) is 9.65. The SMILES string of the molecule is CC(C)n1c(CN2CCN(C)CC2)cc2ccccc21. The second-order valence-electron chi connectivity index (χ2n) is 6.24. The summed E-state index contributed by atoms with van der Waals surface area (Å²) in [5.74, 6) is 0. The first-order valence-corrected chi connectivity index (χ1v) is 7.65. The van der Waals surface area contributed by atoms with Crippen LogP contribution in [-0.4, -0.2) is 47.6 Å². The van der Waals surface area contributed by atoms with Crippen LogP contribution in [0.15, 0.2) is 30.3 Å². The molecule has 108 valence electrons. The predicted molar refractivity (Wildman–Crippen MR) is 85.1 cm³/mol. The van der Waals surface area contributed by atoms with Crippen molar-refractivity contribution >= 4 is 10.9 Å². The molecule has 1 aliphatic rings. The van der Waals surface area contributed by atoms with Gasteiger partial charge in [0.1, 0.15) is 0 Å². The normalized spacial score (nSPS) is 18.2. The fraction of sp³-hybridized carbons (Fsp3) is 0.529. The number of likely N-dealkylation sites (N-methyl/N-ethyl adjacent to an activating group) is 1. The van der Waals surface area contributed by atoms with Crippen LogP contribution in [0.3, 0.4) is 0 Å². The van der Waals surface area contributed by atoms with E-state index in [4.69, 9.17) is 0 Å². The van der Waals surface area contributed by atoms with Crippen molar-refractivity contribution in [2.45, 2.75) is 26.4 Å². The fourth-order valence-electron chi connectivity index (χ4n) is 3.20. The van der Waals surface area contributed by atoms with Gasteiger partial charge in [-0.3, -0.25) is 4.90 Å². The summed E-state index contributed by atoms with van der Waals surface area (Å²) in [5, 5.41) is 1.37. The highest BCUT2D eigenvalue weighted by molar-refractivity contribution is 5.81. The predicted octanol–water partition coefficient (Wildman–Crippen LogP) is 2.97. The van der Waals surface area contributed by atoms with E-state index in [2.05, 4.69) is 65.6 Å². The number of nitrogens with zero attached hydrogens (tertiary/aromatic N) is 3. The Morgan fingerprint density at radius 2 is 1.75 bits per heavy atom. The van der Waals surface area contributed by atoms with Gasteiger partial charge in [0.2, 0.25) is 0 Å². The number of benzene rings is 1. The molecule has 1 saturated heterocycles. The minimum atomic E-state index is 0.511. The molecule has 1 aromatic heterocycles. The van der Waals surface area contributed by atoms with E-state index in [9.17, 15) is 0 Å². The molecule has 0 bridgehead atoms. The standard InChI is InChI=1S/C17H25N3/c1-14(2)20-16(12-15-6-4-5-7-17(15)20)13-19-10-8-18(3)9-11-19/h4-7,12,14H,8-11,13H2,1-3H3. The lowest BCUT2D eigenvalue weighted by Gasteiger charge is -2.32. The lowest BCUT2D eigenvalue weighted by molar-refractivity contribution is 0.145. The van der Waals surface area contributed by atoms with Gasteiger partial charge in [0, 0.05) is 50.0 Å². The van der Waals surface area contributed by atoms with Gasteiger partial charge in [-0.1, -0.05) is 18.2 Å². The van der Waals surface area contributed by atoms with Crippen molar-refractivity contribution < 1.29 is 0 Å². The van der Waals surface area contributed by atoms with E-state index in [-0.39, 0.29) is 0 Å². The van der Waals surface area contributed by atoms with Crippen molar-refractivity contribution in [2.75, 3.05) is 33.2 Å². The number of para-hydroxylation sites is 1. The van der Waals surface area contributed by atoms with Gasteiger partial charge in [-0.25, -0.2) is 0 Å². The quantitative estimate of drug-likeness (QED) is 0.850. The van der Waals surface area contributed by atoms with Crippen LogP contribution >= 0.6 is 0 Å². The molecule has 0 saturated carbocycles. The zero-order chi connectivity index (χ0) is 14.1. The molecule has 2 heterocycles. The highest BCUT2D eigenvalue weighted by Gasteiger charge is 2.17. The van der Waals surface area contributed by atoms with Crippen LogP contribution in [0, 0.1) is 0 Å². The summed E-state index contributed by atoms with van der Waals surface area (Å²) in [6, 6.07) is 11.6. The lowest BCUT2D eigenvalue weighted by Crippen LogP contribution is -2.44. The minimum absolute atomic E-state index is 0.511. The molecule has 20 heavy (non-hydrogen) atoms. The number of rotatable bonds is 3. The largest absolute Gasteiger partial charge is 0.341 e. The Hall–Kier alpha value is -1.32. The fourth-order valence-corrected chi connectivity index (χ4v) is 3.20. The summed E-state index contributed by atoms with van der Waals surface area (Å²) in [5.41, 5.74) is 2.82. The zero-order valence-corrected chi connectivity index (χ0v) is 12.8. The Balaban J connectivity index is 1.88. The molecule has 0 spiro atoms. The zero-order valence-electron chi connectivity index (χ0n) is 12.8. The molecule has 1 fully saturated rings. The summed E-state index contributed by atoms with van der Waals surface area (Å²) < 4.78 is 2.49. The highest BCUT2D eigenvalue weighted by atomic mass is 15.3. The van der Waals surface area contributed by atoms with Gasteiger partial charge in [-0.05, 0) is 38.4 Å². The van der Waals surface area contributed by atoms with E-state index < -0.39 is 0 Å². The number of fused-ring (bicyclic) bond motifs is 1. The maximum atomic E-state index is 2.58. The summed E-state index contributed by atoms with van der Waals surface area (Å²) in [4.78, 5) is 4.99. The molecule has 1 aromatic carbocycles. The molecule has 2 aromatic rings. The van der Waals surface area contributed by atoms with Crippen LogP contribution in [0.5, 0.6) is 0 Å². The van der Waals surface area contributed by atoms with Crippen LogP contribution in [0.2, 0.25) is 0 Å². The van der Waals surface area contributed by atoms with E-state index >= 15 is 0 Å². The first-order valence-electron chi connectivity index (χ1n) is 7.65. The monoisotopic (exact) mass is 271 g/mol. The van der Waals surface area contributed by atoms with Gasteiger partial charge in [0.15, 0.2) is 0 Å². The van der Waals surface area contributed by atoms with E-state index in [1.165, 1.54) is 42.8 Å². The number of piperazine rings is 1. The summed E-state index contributed by atoms with van der Waals surface area (Å²) in [7, 11) is 2.21. The van der Waals surface area contributed by atoms with Gasteiger partial charge >= 0.3 is 0 Å². The molecule has 0 N–H and O–H groups in total. The van der Waals surface area contributed by atoms with E-state index in [1.54, 1.807) is 0 Å². The van der Waals surface area contributed by atoms with Crippen molar-refractivity contribution in [3.63, 3.8) is 0 Å². The lowest BCUT2D eigenvalue weighted by atomic mass is 10.2. The minimum Gasteiger partial charge on any atom is -0.341 e. The van der Waals surface area contributed by atoms with E-state index in [0.29, 0.717) is 6.04 Å². The van der Waals surface area contributed by atoms with Crippen LogP contribution in [0.1, 0.15) is 25.6 Å². The van der Waals surface area contributed by atoms with Gasteiger partial charge in [-0.2, -0.15) is 0 Å². The van der Waals surface area contributed by atoms with E-state index in [0.717, 1.165) is 6.54 Å². The number of hydrogen-bond donors (Lipinski definition) is 0. The average molecular weight is 271 g/mol. The third-order valence-electron chi connectivity index (χ3n) is 4.33. The Morgan fingerprint density at radius 3 is 2.45 bits per heavy atom. The Bertz CT molecular complexity index is 577. The van der Waals surface area contributed by atoms with Gasteiger partial charge < -0.3 is 9.47 Å². The maximum absolute atomic E-state index is 2.58. The second kappa shape index (κ2) is 5.58. The number of hydrogen-bond acceptors (Lipinski definition) is 2. The molecule has 0 amide bonds. The third-order valence-corrected chi connectivity index (χ3v) is 4.33. The molecule has 0 unspecified atom stereocenters. The van der Waals surface area contributed by atoms with Crippen LogP contribution in [0.25, 0.3) is 10.9 Å². The number of aromatic nitrogens is 1. The third kappa shape index (κ3) is 2.60. The molecule has 0 radical (unpaired) electrons. The first kappa shape index (κ1) is 13.7. The Kier molecular flexibility index (Phi) is 3.81. The molecule has 0 aliphatic carbocycles. The molecule has 3 heteroatoms. The Morgan fingerprint density at radius 1 is 1.05 bits per heavy atom. The summed E-state index contributed by atoms with van der Waals surface area (Å²) >= 11 is 0. The van der Waals surface area contributed by atoms with Crippen molar-refractivity contribution in [3.8, 4) is 0 Å².